The molecular weight excluding hydrogens is 880 g/mol. The van der Waals surface area contributed by atoms with E-state index >= 15 is 0 Å². The van der Waals surface area contributed by atoms with E-state index in [0.717, 1.165) is 80.6 Å². The van der Waals surface area contributed by atoms with Gasteiger partial charge in [-0.1, -0.05) is 35.7 Å². The van der Waals surface area contributed by atoms with Gasteiger partial charge in [0.05, 0.1) is 27.7 Å². The zero-order chi connectivity index (χ0) is 45.4. The number of sulfonamides is 1. The van der Waals surface area contributed by atoms with Gasteiger partial charge in [0.25, 0.3) is 21.6 Å². The number of allylic oxidation sites excluding steroid dienone is 1. The quantitative estimate of drug-likeness (QED) is 0.0802. The number of hydrogen-bond acceptors (Lipinski definition) is 12. The molecule has 17 heteroatoms. The van der Waals surface area contributed by atoms with E-state index < -0.39 is 31.4 Å². The molecule has 1 spiro atoms. The van der Waals surface area contributed by atoms with Crippen molar-refractivity contribution in [1.82, 2.24) is 19.6 Å². The van der Waals surface area contributed by atoms with E-state index in [2.05, 4.69) is 37.0 Å². The van der Waals surface area contributed by atoms with Gasteiger partial charge in [-0.05, 0) is 128 Å². The summed E-state index contributed by atoms with van der Waals surface area (Å²) >= 11 is 6.29. The molecule has 1 amide bonds. The lowest BCUT2D eigenvalue weighted by Crippen LogP contribution is -2.47. The van der Waals surface area contributed by atoms with Crippen LogP contribution in [0.3, 0.4) is 0 Å². The molecule has 0 bridgehead atoms. The summed E-state index contributed by atoms with van der Waals surface area (Å²) in [5, 5.41) is 17.0. The smallest absolute Gasteiger partial charge is 0.293 e. The molecule has 3 N–H and O–H groups in total. The number of benzene rings is 3. The summed E-state index contributed by atoms with van der Waals surface area (Å²) < 4.78 is 41.7. The molecule has 1 saturated carbocycles. The van der Waals surface area contributed by atoms with Crippen LogP contribution in [0.1, 0.15) is 73.7 Å². The maximum Gasteiger partial charge on any atom is 0.293 e. The number of aromatic nitrogens is 2. The number of nitro groups is 1. The van der Waals surface area contributed by atoms with Crippen LogP contribution in [0, 0.1) is 21.4 Å². The van der Waals surface area contributed by atoms with Gasteiger partial charge in [0.1, 0.15) is 17.0 Å². The Bertz CT molecular complexity index is 2780. The van der Waals surface area contributed by atoms with Crippen LogP contribution < -0.4 is 24.6 Å². The van der Waals surface area contributed by atoms with Crippen LogP contribution in [-0.2, 0) is 14.8 Å². The first-order valence-corrected chi connectivity index (χ1v) is 25.0. The Kier molecular flexibility index (Phi) is 12.4. The Morgan fingerprint density at radius 3 is 2.48 bits per heavy atom. The Labute approximate surface area is 389 Å². The zero-order valence-corrected chi connectivity index (χ0v) is 38.5. The Morgan fingerprint density at radius 1 is 0.924 bits per heavy atom. The van der Waals surface area contributed by atoms with Crippen LogP contribution >= 0.6 is 11.6 Å². The molecule has 2 saturated heterocycles. The highest BCUT2D eigenvalue weighted by molar-refractivity contribution is 7.90. The van der Waals surface area contributed by atoms with Crippen molar-refractivity contribution < 1.29 is 27.6 Å². The molecule has 5 aromatic rings. The van der Waals surface area contributed by atoms with Gasteiger partial charge in [-0.2, -0.15) is 4.98 Å². The molecule has 2 aliphatic carbocycles. The summed E-state index contributed by atoms with van der Waals surface area (Å²) in [4.78, 5) is 40.4. The number of piperazine rings is 1. The highest BCUT2D eigenvalue weighted by Gasteiger charge is 2.41. The minimum atomic E-state index is -4.56. The fourth-order valence-electron chi connectivity index (χ4n) is 10.5. The topological polar surface area (TPSA) is 175 Å². The number of halogens is 1. The predicted octanol–water partition coefficient (Wildman–Crippen LogP) is 8.93. The molecule has 15 nitrogen and oxygen atoms in total. The fraction of sp³-hybridized carbons (Fsp3) is 0.429. The number of ether oxygens (including phenoxy) is 2. The van der Waals surface area contributed by atoms with Gasteiger partial charge in [0.2, 0.25) is 5.88 Å². The van der Waals surface area contributed by atoms with Gasteiger partial charge >= 0.3 is 0 Å². The van der Waals surface area contributed by atoms with Crippen molar-refractivity contribution in [3.63, 3.8) is 0 Å². The van der Waals surface area contributed by atoms with Crippen LogP contribution in [0.15, 0.2) is 89.5 Å². The number of aromatic amines is 1. The third-order valence-electron chi connectivity index (χ3n) is 14.4. The first-order valence-electron chi connectivity index (χ1n) is 23.1. The lowest BCUT2D eigenvalue weighted by Gasteiger charge is -2.47. The van der Waals surface area contributed by atoms with Crippen LogP contribution in [0.2, 0.25) is 5.02 Å². The van der Waals surface area contributed by atoms with E-state index in [1.165, 1.54) is 49.0 Å². The van der Waals surface area contributed by atoms with E-state index in [0.29, 0.717) is 67.6 Å². The minimum absolute atomic E-state index is 0.121. The summed E-state index contributed by atoms with van der Waals surface area (Å²) in [6, 6.07) is 21.3. The number of H-pyrrole nitrogens is 1. The number of carbonyl (C=O) groups is 1. The molecule has 66 heavy (non-hydrogen) atoms. The van der Waals surface area contributed by atoms with Gasteiger partial charge < -0.3 is 29.6 Å². The molecule has 5 aliphatic rings. The lowest BCUT2D eigenvalue weighted by molar-refractivity contribution is -0.384. The normalized spacial score (nSPS) is 19.2. The van der Waals surface area contributed by atoms with Crippen LogP contribution in [-0.4, -0.2) is 99.8 Å². The maximum absolute atomic E-state index is 14.4. The average Bonchev–Trinajstić information content (AvgIpc) is 3.68. The van der Waals surface area contributed by atoms with Gasteiger partial charge in [-0.15, -0.1) is 0 Å². The summed E-state index contributed by atoms with van der Waals surface area (Å²) in [6.45, 7) is 6.77. The molecular formula is C49H55ClN8O7S. The summed E-state index contributed by atoms with van der Waals surface area (Å²) in [7, 11) is -4.56. The summed E-state index contributed by atoms with van der Waals surface area (Å²) in [5.74, 6) is -0.191. The van der Waals surface area contributed by atoms with Gasteiger partial charge in [0, 0.05) is 87.4 Å². The number of fused-ring (bicyclic) bond motifs is 2. The SMILES string of the molecule is O=C(NS(=O)(=O)c1ccc(NCC2CCOCC2)c([N+](=O)[O-])c1)c1ccc(N2CCN(CC3=C(c4ccc(Cl)cc4)CCC4(CCC4)C3)CC2)cc1N1CCCOc2nc3[nH]ccc3cc21. The fourth-order valence-corrected chi connectivity index (χ4v) is 11.6. The van der Waals surface area contributed by atoms with Crippen molar-refractivity contribution >= 4 is 72.6 Å². The Morgan fingerprint density at radius 2 is 1.73 bits per heavy atom. The second-order valence-electron chi connectivity index (χ2n) is 18.5. The van der Waals surface area contributed by atoms with E-state index in [1.54, 1.807) is 17.8 Å². The first-order chi connectivity index (χ1) is 32.0. The van der Waals surface area contributed by atoms with Gasteiger partial charge in [0.15, 0.2) is 0 Å². The number of carbonyl (C=O) groups excluding carboxylic acids is 1. The van der Waals surface area contributed by atoms with Crippen molar-refractivity contribution in [3.8, 4) is 5.88 Å². The highest BCUT2D eigenvalue weighted by Crippen LogP contribution is 2.54. The molecule has 3 fully saturated rings. The zero-order valence-electron chi connectivity index (χ0n) is 36.9. The molecule has 2 aromatic heterocycles. The number of amides is 1. The Balaban J connectivity index is 0.919. The van der Waals surface area contributed by atoms with Crippen molar-refractivity contribution in [2.24, 2.45) is 11.3 Å². The number of nitrogens with zero attached hydrogens (tertiary/aromatic N) is 5. The van der Waals surface area contributed by atoms with Gasteiger partial charge in [-0.25, -0.2) is 13.1 Å². The van der Waals surface area contributed by atoms with Crippen LogP contribution in [0.25, 0.3) is 16.6 Å². The van der Waals surface area contributed by atoms with Crippen molar-refractivity contribution in [3.05, 3.63) is 111 Å². The van der Waals surface area contributed by atoms with Crippen LogP contribution in [0.5, 0.6) is 5.88 Å². The highest BCUT2D eigenvalue weighted by atomic mass is 35.5. The molecule has 0 atom stereocenters. The standard InChI is InChI=1S/C49H55ClN8O7S/c50-37-5-3-34(4-6-37)40-11-17-49(15-1-16-49)30-36(40)32-55-20-22-56(23-21-55)38-7-9-41(43(28-38)57-19-2-24-65-48-45(57)27-35-12-18-51-46(35)53-48)47(59)54-66(62,63)39-8-10-42(44(29-39)58(60)61)52-31-33-13-25-64-26-14-33/h3-10,12,18,27-29,33,52H,1-2,11,13-17,19-26,30-32H2,(H,51,53)(H,54,59). The van der Waals surface area contributed by atoms with E-state index in [9.17, 15) is 23.3 Å². The minimum Gasteiger partial charge on any atom is -0.476 e. The van der Waals surface area contributed by atoms with Crippen molar-refractivity contribution in [2.45, 2.75) is 62.7 Å². The molecule has 346 valence electrons. The van der Waals surface area contributed by atoms with Crippen molar-refractivity contribution in [2.75, 3.05) is 80.8 Å². The number of hydrogen-bond donors (Lipinski definition) is 3. The molecule has 0 radical (unpaired) electrons. The second-order valence-corrected chi connectivity index (χ2v) is 20.6. The third kappa shape index (κ3) is 9.20. The number of pyridine rings is 1. The largest absolute Gasteiger partial charge is 0.476 e. The summed E-state index contributed by atoms with van der Waals surface area (Å²) in [6.07, 6.45) is 11.5. The predicted molar refractivity (Wildman–Crippen MR) is 257 cm³/mol. The van der Waals surface area contributed by atoms with Crippen LogP contribution in [0.4, 0.5) is 28.4 Å². The first kappa shape index (κ1) is 44.2. The maximum atomic E-state index is 14.4. The Hall–Kier alpha value is -5.68. The number of anilines is 4. The van der Waals surface area contributed by atoms with E-state index in [4.69, 9.17) is 26.1 Å². The number of nitro benzene ring substituents is 1. The third-order valence-corrected chi connectivity index (χ3v) is 15.9. The van der Waals surface area contributed by atoms with E-state index in [-0.39, 0.29) is 17.2 Å². The molecule has 0 unspecified atom stereocenters. The summed E-state index contributed by atoms with van der Waals surface area (Å²) in [5.41, 5.74) is 7.37. The van der Waals surface area contributed by atoms with Gasteiger partial charge in [-0.3, -0.25) is 19.8 Å². The molecule has 3 aromatic carbocycles. The molecule has 3 aliphatic heterocycles. The molecule has 5 heterocycles. The van der Waals surface area contributed by atoms with E-state index in [1.807, 2.05) is 41.3 Å². The second kappa shape index (κ2) is 18.5. The van der Waals surface area contributed by atoms with Crippen molar-refractivity contribution in [1.29, 1.82) is 0 Å². The molecule has 10 rings (SSSR count). The lowest BCUT2D eigenvalue weighted by atomic mass is 9.59. The number of nitrogens with one attached hydrogen (secondary N) is 3. The average molecular weight is 936 g/mol. The number of rotatable bonds is 12. The monoisotopic (exact) mass is 934 g/mol.